The molecule has 3 aromatic carbocycles. The van der Waals surface area contributed by atoms with Crippen LogP contribution in [-0.4, -0.2) is 87.8 Å². The zero-order valence-corrected chi connectivity index (χ0v) is 30.1. The number of aromatic nitrogens is 4. The summed E-state index contributed by atoms with van der Waals surface area (Å²) >= 11 is 0. The largest absolute Gasteiger partial charge is 0.492 e. The minimum atomic E-state index is -0.127. The molecule has 7 rings (SSSR count). The van der Waals surface area contributed by atoms with E-state index >= 15 is 0 Å². The molecule has 268 valence electrons. The van der Waals surface area contributed by atoms with Gasteiger partial charge in [0.2, 0.25) is 0 Å². The number of nitrogens with zero attached hydrogens (tertiary/aromatic N) is 6. The Labute approximate surface area is 301 Å². The molecule has 2 aromatic heterocycles. The van der Waals surface area contributed by atoms with Crippen LogP contribution in [0.2, 0.25) is 0 Å². The number of amides is 1. The van der Waals surface area contributed by atoms with Crippen LogP contribution in [0.3, 0.4) is 0 Å². The van der Waals surface area contributed by atoms with Crippen molar-refractivity contribution in [2.45, 2.75) is 32.6 Å². The van der Waals surface area contributed by atoms with Crippen molar-refractivity contribution in [3.8, 4) is 34.0 Å². The van der Waals surface area contributed by atoms with Crippen LogP contribution in [0.25, 0.3) is 22.5 Å². The summed E-state index contributed by atoms with van der Waals surface area (Å²) in [4.78, 5) is 17.5. The van der Waals surface area contributed by atoms with Gasteiger partial charge in [-0.25, -0.2) is 0 Å². The van der Waals surface area contributed by atoms with Crippen molar-refractivity contribution < 1.29 is 14.3 Å². The molecule has 0 atom stereocenters. The van der Waals surface area contributed by atoms with Crippen LogP contribution in [0, 0.1) is 6.92 Å². The first kappa shape index (κ1) is 35.7. The van der Waals surface area contributed by atoms with Crippen molar-refractivity contribution in [2.75, 3.05) is 63.5 Å². The molecule has 0 spiro atoms. The van der Waals surface area contributed by atoms with Gasteiger partial charge in [-0.3, -0.25) is 24.0 Å². The topological polar surface area (TPSA) is 116 Å². The molecular formula is C40H50N8O3. The molecule has 4 heterocycles. The van der Waals surface area contributed by atoms with Gasteiger partial charge in [-0.15, -0.1) is 0 Å². The minimum Gasteiger partial charge on any atom is -0.492 e. The van der Waals surface area contributed by atoms with E-state index in [1.165, 1.54) is 38.8 Å². The second-order valence-electron chi connectivity index (χ2n) is 13.3. The zero-order valence-electron chi connectivity index (χ0n) is 30.1. The summed E-state index contributed by atoms with van der Waals surface area (Å²) in [5.41, 5.74) is 12.9. The van der Waals surface area contributed by atoms with E-state index in [0.717, 1.165) is 77.1 Å². The number of likely N-dealkylation sites (tertiary alicyclic amines) is 2. The van der Waals surface area contributed by atoms with Gasteiger partial charge >= 0.3 is 0 Å². The number of aryl methyl sites for hydroxylation is 3. The molecule has 3 N–H and O–H groups in total. The van der Waals surface area contributed by atoms with E-state index in [1.807, 2.05) is 103 Å². The van der Waals surface area contributed by atoms with E-state index in [0.29, 0.717) is 18.8 Å². The molecule has 11 heteroatoms. The monoisotopic (exact) mass is 690 g/mol. The Morgan fingerprint density at radius 2 is 1.27 bits per heavy atom. The lowest BCUT2D eigenvalue weighted by Gasteiger charge is -2.17. The van der Waals surface area contributed by atoms with Gasteiger partial charge in [0.05, 0.1) is 11.4 Å². The molecule has 2 fully saturated rings. The lowest BCUT2D eigenvalue weighted by molar-refractivity contribution is 0.102. The number of hydrogen-bond acceptors (Lipinski definition) is 8. The molecule has 1 amide bonds. The molecule has 51 heavy (non-hydrogen) atoms. The second-order valence-corrected chi connectivity index (χ2v) is 13.3. The highest BCUT2D eigenvalue weighted by Crippen LogP contribution is 2.33. The number of carbonyl (C=O) groups excluding carboxylic acids is 1. The van der Waals surface area contributed by atoms with Crippen molar-refractivity contribution in [1.82, 2.24) is 29.4 Å². The molecule has 0 radical (unpaired) electrons. The molecule has 2 aliphatic heterocycles. The SMILES string of the molecule is Cc1cccc(C(=O)Nc2ccc(OCCN3CCCC3)c(-c3ccnn3C)c2)c1.Cn1nccc1-c1cc(N)ccc1OCCN1CCCC1. The van der Waals surface area contributed by atoms with Crippen molar-refractivity contribution >= 4 is 17.3 Å². The number of benzene rings is 3. The second kappa shape index (κ2) is 17.2. The van der Waals surface area contributed by atoms with Gasteiger partial charge in [0.25, 0.3) is 5.91 Å². The number of hydrogen-bond donors (Lipinski definition) is 2. The predicted molar refractivity (Wildman–Crippen MR) is 203 cm³/mol. The highest BCUT2D eigenvalue weighted by atomic mass is 16.5. The van der Waals surface area contributed by atoms with Gasteiger partial charge in [0, 0.05) is 67.6 Å². The van der Waals surface area contributed by atoms with Crippen LogP contribution in [0.1, 0.15) is 41.6 Å². The molecule has 0 aliphatic carbocycles. The van der Waals surface area contributed by atoms with Crippen LogP contribution in [0.4, 0.5) is 11.4 Å². The Bertz CT molecular complexity index is 1890. The minimum absolute atomic E-state index is 0.127. The Hall–Kier alpha value is -5.13. The molecular weight excluding hydrogens is 640 g/mol. The first-order valence-electron chi connectivity index (χ1n) is 17.9. The smallest absolute Gasteiger partial charge is 0.255 e. The molecule has 11 nitrogen and oxygen atoms in total. The molecule has 2 saturated heterocycles. The van der Waals surface area contributed by atoms with Gasteiger partial charge < -0.3 is 20.5 Å². The third-order valence-electron chi connectivity index (χ3n) is 9.44. The number of nitrogens with two attached hydrogens (primary N) is 1. The highest BCUT2D eigenvalue weighted by molar-refractivity contribution is 6.04. The zero-order chi connectivity index (χ0) is 35.6. The van der Waals surface area contributed by atoms with Gasteiger partial charge in [0.1, 0.15) is 24.7 Å². The van der Waals surface area contributed by atoms with Gasteiger partial charge in [-0.2, -0.15) is 10.2 Å². The fourth-order valence-electron chi connectivity index (χ4n) is 6.66. The number of ether oxygens (including phenoxy) is 2. The van der Waals surface area contributed by atoms with E-state index in [-0.39, 0.29) is 5.91 Å². The summed E-state index contributed by atoms with van der Waals surface area (Å²) in [6.07, 6.45) is 8.71. The summed E-state index contributed by atoms with van der Waals surface area (Å²) in [5.74, 6) is 1.54. The maximum atomic E-state index is 12.7. The molecule has 0 unspecified atom stereocenters. The summed E-state index contributed by atoms with van der Waals surface area (Å²) < 4.78 is 15.8. The van der Waals surface area contributed by atoms with Crippen molar-refractivity contribution in [2.24, 2.45) is 14.1 Å². The highest BCUT2D eigenvalue weighted by Gasteiger charge is 2.16. The first-order valence-corrected chi connectivity index (χ1v) is 17.9. The third kappa shape index (κ3) is 9.56. The van der Waals surface area contributed by atoms with E-state index in [4.69, 9.17) is 15.2 Å². The van der Waals surface area contributed by atoms with Gasteiger partial charge in [-0.1, -0.05) is 17.7 Å². The van der Waals surface area contributed by atoms with E-state index < -0.39 is 0 Å². The number of nitrogens with one attached hydrogen (secondary N) is 1. The standard InChI is InChI=1S/C24H28N4O2.C16H22N4O/c1-18-6-5-7-19(16-18)24(29)26-20-8-9-23(30-15-14-28-12-3-4-13-28)21(17-20)22-10-11-25-27(22)2;1-19-15(6-7-18-19)14-12-13(17)4-5-16(14)21-11-10-20-8-2-3-9-20/h5-11,16-17H,3-4,12-15H2,1-2H3,(H,26,29);4-7,12H,2-3,8-11,17H2,1H3. The van der Waals surface area contributed by atoms with E-state index in [9.17, 15) is 4.79 Å². The molecule has 0 bridgehead atoms. The van der Waals surface area contributed by atoms with Crippen LogP contribution >= 0.6 is 0 Å². The number of rotatable bonds is 12. The normalized spacial score (nSPS) is 14.6. The average molecular weight is 691 g/mol. The number of carbonyl (C=O) groups is 1. The fraction of sp³-hybridized carbons (Fsp3) is 0.375. The maximum absolute atomic E-state index is 12.7. The van der Waals surface area contributed by atoms with Gasteiger partial charge in [0.15, 0.2) is 0 Å². The van der Waals surface area contributed by atoms with E-state index in [1.54, 1.807) is 12.4 Å². The van der Waals surface area contributed by atoms with Crippen LogP contribution < -0.4 is 20.5 Å². The first-order chi connectivity index (χ1) is 24.8. The molecule has 2 aliphatic rings. The van der Waals surface area contributed by atoms with Crippen LogP contribution in [0.15, 0.2) is 85.2 Å². The van der Waals surface area contributed by atoms with E-state index in [2.05, 4.69) is 25.3 Å². The Morgan fingerprint density at radius 1 is 0.725 bits per heavy atom. The fourth-order valence-corrected chi connectivity index (χ4v) is 6.66. The Kier molecular flexibility index (Phi) is 12.0. The number of anilines is 2. The molecule has 5 aromatic rings. The van der Waals surface area contributed by atoms with Crippen LogP contribution in [0.5, 0.6) is 11.5 Å². The van der Waals surface area contributed by atoms with Crippen molar-refractivity contribution in [3.05, 3.63) is 96.3 Å². The summed E-state index contributed by atoms with van der Waals surface area (Å²) in [6.45, 7) is 9.93. The average Bonchev–Trinajstić information content (AvgIpc) is 3.97. The quantitative estimate of drug-likeness (QED) is 0.147. The van der Waals surface area contributed by atoms with Crippen molar-refractivity contribution in [1.29, 1.82) is 0 Å². The molecule has 0 saturated carbocycles. The summed E-state index contributed by atoms with van der Waals surface area (Å²) in [6, 6.07) is 23.0. The maximum Gasteiger partial charge on any atom is 0.255 e. The van der Waals surface area contributed by atoms with Gasteiger partial charge in [-0.05, 0) is 119 Å². The Balaban J connectivity index is 0.000000187. The predicted octanol–water partition coefficient (Wildman–Crippen LogP) is 6.27. The number of nitrogen functional groups attached to an aromatic ring is 1. The lowest BCUT2D eigenvalue weighted by atomic mass is 10.1. The third-order valence-corrected chi connectivity index (χ3v) is 9.44. The lowest BCUT2D eigenvalue weighted by Crippen LogP contribution is -2.25. The van der Waals surface area contributed by atoms with Crippen molar-refractivity contribution in [3.63, 3.8) is 0 Å². The Morgan fingerprint density at radius 3 is 1.80 bits per heavy atom. The van der Waals surface area contributed by atoms with Crippen LogP contribution in [-0.2, 0) is 14.1 Å². The summed E-state index contributed by atoms with van der Waals surface area (Å²) in [5, 5.41) is 11.5. The summed E-state index contributed by atoms with van der Waals surface area (Å²) in [7, 11) is 3.83.